The van der Waals surface area contributed by atoms with E-state index in [0.717, 1.165) is 30.2 Å². The lowest BCUT2D eigenvalue weighted by atomic mass is 9.86. The Bertz CT molecular complexity index is 824. The third-order valence-corrected chi connectivity index (χ3v) is 5.15. The molecule has 8 nitrogen and oxygen atoms in total. The van der Waals surface area contributed by atoms with Gasteiger partial charge >= 0.3 is 0 Å². The molecule has 0 bridgehead atoms. The number of nitrogens with one attached hydrogen (secondary N) is 2. The van der Waals surface area contributed by atoms with Crippen molar-refractivity contribution in [2.45, 2.75) is 59.1 Å². The number of rotatable bonds is 10. The van der Waals surface area contributed by atoms with Crippen LogP contribution in [0, 0.1) is 6.92 Å². The lowest BCUT2D eigenvalue weighted by molar-refractivity contribution is 0.145. The molecule has 1 unspecified atom stereocenters. The lowest BCUT2D eigenvalue weighted by Crippen LogP contribution is -2.40. The fraction of sp³-hybridized carbons (Fsp3) is 0.609. The number of hydrogen-bond acceptors (Lipinski definition) is 5. The third kappa shape index (κ3) is 7.95. The predicted molar refractivity (Wildman–Crippen MR) is 124 cm³/mol. The molecular formula is C23H38N6O2. The number of guanidine groups is 1. The van der Waals surface area contributed by atoms with Crippen LogP contribution in [0.2, 0.25) is 0 Å². The molecule has 1 heterocycles. The molecule has 1 aromatic carbocycles. The first-order valence-electron chi connectivity index (χ1n) is 11.0. The van der Waals surface area contributed by atoms with Crippen LogP contribution in [-0.4, -0.2) is 52.1 Å². The van der Waals surface area contributed by atoms with Gasteiger partial charge < -0.3 is 25.0 Å². The summed E-state index contributed by atoms with van der Waals surface area (Å²) in [4.78, 5) is 4.62. The van der Waals surface area contributed by atoms with Crippen molar-refractivity contribution >= 4 is 5.96 Å². The molecule has 0 aliphatic heterocycles. The second-order valence-corrected chi connectivity index (χ2v) is 8.63. The number of aliphatic imine (C=N–C) groups is 1. The number of hydrogen-bond donors (Lipinski definition) is 3. The maximum atomic E-state index is 10.6. The van der Waals surface area contributed by atoms with Crippen LogP contribution in [0.5, 0.6) is 0 Å². The Hall–Kier alpha value is -2.45. The van der Waals surface area contributed by atoms with Crippen molar-refractivity contribution in [1.82, 2.24) is 25.4 Å². The first-order chi connectivity index (χ1) is 14.7. The number of aliphatic hydroxyl groups is 1. The van der Waals surface area contributed by atoms with Crippen molar-refractivity contribution < 1.29 is 9.84 Å². The second kappa shape index (κ2) is 11.8. The summed E-state index contributed by atoms with van der Waals surface area (Å²) in [6, 6.07) is 8.13. The lowest BCUT2D eigenvalue weighted by Gasteiger charge is -2.20. The Morgan fingerprint density at radius 1 is 1.19 bits per heavy atom. The zero-order valence-corrected chi connectivity index (χ0v) is 19.8. The van der Waals surface area contributed by atoms with Gasteiger partial charge in [-0.15, -0.1) is 10.2 Å². The monoisotopic (exact) mass is 430 g/mol. The zero-order valence-electron chi connectivity index (χ0n) is 19.8. The first-order valence-corrected chi connectivity index (χ1v) is 11.0. The molecule has 0 aliphatic rings. The molecule has 1 atom stereocenters. The minimum atomic E-state index is -0.637. The van der Waals surface area contributed by atoms with E-state index in [-0.39, 0.29) is 5.41 Å². The molecule has 0 fully saturated rings. The Balaban J connectivity index is 1.98. The quantitative estimate of drug-likeness (QED) is 0.305. The molecule has 3 N–H and O–H groups in total. The molecule has 2 rings (SSSR count). The van der Waals surface area contributed by atoms with Crippen molar-refractivity contribution in [2.75, 3.05) is 26.3 Å². The van der Waals surface area contributed by atoms with Gasteiger partial charge in [-0.05, 0) is 36.8 Å². The minimum Gasteiger partial charge on any atom is -0.387 e. The summed E-state index contributed by atoms with van der Waals surface area (Å²) in [6.07, 6.45) is 0.232. The van der Waals surface area contributed by atoms with Crippen LogP contribution in [0.15, 0.2) is 29.3 Å². The molecule has 2 aromatic rings. The van der Waals surface area contributed by atoms with Crippen molar-refractivity contribution in [2.24, 2.45) is 12.0 Å². The second-order valence-electron chi connectivity index (χ2n) is 8.63. The number of aryl methyl sites for hydroxylation is 1. The molecule has 31 heavy (non-hydrogen) atoms. The molecule has 1 aromatic heterocycles. The fourth-order valence-electron chi connectivity index (χ4n) is 2.95. The van der Waals surface area contributed by atoms with E-state index < -0.39 is 6.10 Å². The van der Waals surface area contributed by atoms with Gasteiger partial charge in [0.1, 0.15) is 12.4 Å². The molecule has 0 saturated carbocycles. The summed E-state index contributed by atoms with van der Waals surface area (Å²) in [5.74, 6) is 2.26. The van der Waals surface area contributed by atoms with E-state index in [1.807, 2.05) is 37.6 Å². The van der Waals surface area contributed by atoms with Crippen molar-refractivity contribution in [3.05, 3.63) is 47.0 Å². The summed E-state index contributed by atoms with van der Waals surface area (Å²) in [7, 11) is 1.92. The molecular weight excluding hydrogens is 392 g/mol. The van der Waals surface area contributed by atoms with Gasteiger partial charge in [0.15, 0.2) is 11.8 Å². The van der Waals surface area contributed by atoms with E-state index in [4.69, 9.17) is 4.74 Å². The van der Waals surface area contributed by atoms with Gasteiger partial charge in [0.2, 0.25) is 0 Å². The normalized spacial score (nSPS) is 13.3. The summed E-state index contributed by atoms with van der Waals surface area (Å²) < 4.78 is 7.31. The Morgan fingerprint density at radius 2 is 1.90 bits per heavy atom. The van der Waals surface area contributed by atoms with E-state index >= 15 is 0 Å². The van der Waals surface area contributed by atoms with Crippen molar-refractivity contribution in [3.63, 3.8) is 0 Å². The van der Waals surface area contributed by atoms with Gasteiger partial charge in [-0.3, -0.25) is 0 Å². The summed E-state index contributed by atoms with van der Waals surface area (Å²) >= 11 is 0. The highest BCUT2D eigenvalue weighted by molar-refractivity contribution is 5.79. The molecule has 8 heteroatoms. The van der Waals surface area contributed by atoms with Crippen LogP contribution in [0.3, 0.4) is 0 Å². The molecule has 0 radical (unpaired) electrons. The summed E-state index contributed by atoms with van der Waals surface area (Å²) in [6.45, 7) is 13.3. The molecule has 0 amide bonds. The third-order valence-electron chi connectivity index (χ3n) is 5.15. The number of aliphatic hydroxyl groups excluding tert-OH is 1. The average molecular weight is 431 g/mol. The number of benzene rings is 1. The van der Waals surface area contributed by atoms with E-state index in [1.165, 1.54) is 5.56 Å². The van der Waals surface area contributed by atoms with Gasteiger partial charge in [0.05, 0.1) is 6.10 Å². The van der Waals surface area contributed by atoms with Crippen LogP contribution in [0.4, 0.5) is 0 Å². The molecule has 172 valence electrons. The van der Waals surface area contributed by atoms with E-state index in [2.05, 4.69) is 58.7 Å². The summed E-state index contributed by atoms with van der Waals surface area (Å²) in [5, 5.41) is 25.4. The highest BCUT2D eigenvalue weighted by atomic mass is 16.5. The van der Waals surface area contributed by atoms with E-state index in [9.17, 15) is 5.11 Å². The standard InChI is InChI=1S/C23H38N6O2/c1-7-31-14-8-13-24-22(26-16-21-28-27-17(2)29(21)6)25-15-20(30)18-9-11-19(12-10-18)23(3,4)5/h9-12,20,30H,7-8,13-16H2,1-6H3,(H2,24,25,26). The fourth-order valence-corrected chi connectivity index (χ4v) is 2.95. The maximum absolute atomic E-state index is 10.6. The van der Waals surface area contributed by atoms with E-state index in [0.29, 0.717) is 32.3 Å². The summed E-state index contributed by atoms with van der Waals surface area (Å²) in [5.41, 5.74) is 2.21. The van der Waals surface area contributed by atoms with Crippen LogP contribution in [0.1, 0.15) is 63.0 Å². The van der Waals surface area contributed by atoms with Crippen LogP contribution in [-0.2, 0) is 23.7 Å². The number of nitrogens with zero attached hydrogens (tertiary/aromatic N) is 4. The SMILES string of the molecule is CCOCCCNC(=NCc1nnc(C)n1C)NCC(O)c1ccc(C(C)(C)C)cc1. The number of aromatic nitrogens is 3. The van der Waals surface area contributed by atoms with Crippen LogP contribution >= 0.6 is 0 Å². The minimum absolute atomic E-state index is 0.0885. The highest BCUT2D eigenvalue weighted by Gasteiger charge is 2.15. The molecule has 0 aliphatic carbocycles. The highest BCUT2D eigenvalue weighted by Crippen LogP contribution is 2.23. The number of ether oxygens (including phenoxy) is 1. The van der Waals surface area contributed by atoms with Gasteiger partial charge in [-0.1, -0.05) is 45.0 Å². The van der Waals surface area contributed by atoms with Gasteiger partial charge in [0.25, 0.3) is 0 Å². The first kappa shape index (κ1) is 24.8. The smallest absolute Gasteiger partial charge is 0.191 e. The topological polar surface area (TPSA) is 96.6 Å². The van der Waals surface area contributed by atoms with Gasteiger partial charge in [-0.25, -0.2) is 4.99 Å². The molecule has 0 saturated heterocycles. The molecule has 0 spiro atoms. The van der Waals surface area contributed by atoms with Crippen LogP contribution < -0.4 is 10.6 Å². The van der Waals surface area contributed by atoms with Crippen molar-refractivity contribution in [1.29, 1.82) is 0 Å². The Kier molecular flexibility index (Phi) is 9.45. The Morgan fingerprint density at radius 3 is 2.48 bits per heavy atom. The van der Waals surface area contributed by atoms with E-state index in [1.54, 1.807) is 0 Å². The van der Waals surface area contributed by atoms with Crippen LogP contribution in [0.25, 0.3) is 0 Å². The average Bonchev–Trinajstić information content (AvgIpc) is 3.06. The largest absolute Gasteiger partial charge is 0.387 e. The van der Waals surface area contributed by atoms with Gasteiger partial charge in [-0.2, -0.15) is 0 Å². The zero-order chi connectivity index (χ0) is 22.9. The maximum Gasteiger partial charge on any atom is 0.191 e. The predicted octanol–water partition coefficient (Wildman–Crippen LogP) is 2.62. The van der Waals surface area contributed by atoms with Gasteiger partial charge in [0, 0.05) is 33.4 Å². The Labute approximate surface area is 186 Å². The van der Waals surface area contributed by atoms with Crippen molar-refractivity contribution in [3.8, 4) is 0 Å².